The molecule has 1 amide bonds. The molecule has 1 rings (SSSR count). The minimum atomic E-state index is -1.58. The van der Waals surface area contributed by atoms with E-state index in [1.54, 1.807) is 6.08 Å². The third kappa shape index (κ3) is 40.2. The molecular weight excluding hydrogens is 887 g/mol. The lowest BCUT2D eigenvalue weighted by Crippen LogP contribution is -2.60. The van der Waals surface area contributed by atoms with Gasteiger partial charge in [-0.3, -0.25) is 4.79 Å². The molecule has 71 heavy (non-hydrogen) atoms. The molecule has 0 aliphatic carbocycles. The molecule has 1 saturated heterocycles. The summed E-state index contributed by atoms with van der Waals surface area (Å²) in [6.07, 6.45) is 66.1. The van der Waals surface area contributed by atoms with Crippen molar-refractivity contribution in [3.05, 3.63) is 97.2 Å². The Bertz CT molecular complexity index is 1430. The normalized spacial score (nSPS) is 20.0. The van der Waals surface area contributed by atoms with Crippen LogP contribution in [0, 0.1) is 0 Å². The summed E-state index contributed by atoms with van der Waals surface area (Å²) in [4.78, 5) is 13.1. The number of unbranched alkanes of at least 4 members (excludes halogenated alkanes) is 24. The zero-order valence-electron chi connectivity index (χ0n) is 45.2. The van der Waals surface area contributed by atoms with Crippen molar-refractivity contribution in [3.8, 4) is 0 Å². The number of hydrogen-bond acceptors (Lipinski definition) is 8. The SMILES string of the molecule is CC/C=C\C/C=C\C/C=C\C/C=C\C/C=C\CCCCCCCCCC(=O)NC(COC1OC(CO)C(O)C(O)C1O)C(O)/C=C/CC/C=C/CC/C=C/CCCCCCCCCCCCCCCCC. The lowest BCUT2D eigenvalue weighted by molar-refractivity contribution is -0.302. The quantitative estimate of drug-likeness (QED) is 0.0261. The zero-order chi connectivity index (χ0) is 51.5. The predicted octanol–water partition coefficient (Wildman–Crippen LogP) is 14.4. The van der Waals surface area contributed by atoms with Crippen LogP contribution in [-0.2, 0) is 14.3 Å². The Morgan fingerprint density at radius 1 is 0.493 bits per heavy atom. The second kappa shape index (κ2) is 50.6. The fourth-order valence-corrected chi connectivity index (χ4v) is 8.57. The van der Waals surface area contributed by atoms with Gasteiger partial charge in [0.05, 0.1) is 25.4 Å². The van der Waals surface area contributed by atoms with E-state index >= 15 is 0 Å². The number of allylic oxidation sites excluding steroid dienone is 15. The molecule has 0 spiro atoms. The Labute approximate surface area is 434 Å². The maximum atomic E-state index is 13.1. The number of ether oxygens (including phenoxy) is 2. The Morgan fingerprint density at radius 2 is 0.887 bits per heavy atom. The van der Waals surface area contributed by atoms with Crippen LogP contribution in [0.3, 0.4) is 0 Å². The van der Waals surface area contributed by atoms with E-state index in [9.17, 15) is 30.3 Å². The first-order chi connectivity index (χ1) is 34.8. The highest BCUT2D eigenvalue weighted by molar-refractivity contribution is 5.76. The average molecular weight is 995 g/mol. The summed E-state index contributed by atoms with van der Waals surface area (Å²) in [7, 11) is 0. The van der Waals surface area contributed by atoms with Crippen molar-refractivity contribution in [2.45, 2.75) is 275 Å². The number of carbonyl (C=O) groups excluding carboxylic acids is 1. The van der Waals surface area contributed by atoms with Gasteiger partial charge < -0.3 is 40.3 Å². The number of amides is 1. The van der Waals surface area contributed by atoms with Crippen LogP contribution in [0.2, 0.25) is 0 Å². The van der Waals surface area contributed by atoms with Gasteiger partial charge in [0.1, 0.15) is 24.4 Å². The number of carbonyl (C=O) groups is 1. The topological polar surface area (TPSA) is 149 Å². The number of nitrogens with one attached hydrogen (secondary N) is 1. The van der Waals surface area contributed by atoms with Crippen LogP contribution < -0.4 is 5.32 Å². The fraction of sp³-hybridized carbons (Fsp3) is 0.726. The molecule has 0 bridgehead atoms. The van der Waals surface area contributed by atoms with E-state index in [0.717, 1.165) is 89.9 Å². The lowest BCUT2D eigenvalue weighted by atomic mass is 9.99. The molecule has 1 aliphatic rings. The molecule has 1 aliphatic heterocycles. The largest absolute Gasteiger partial charge is 0.394 e. The van der Waals surface area contributed by atoms with E-state index in [0.29, 0.717) is 6.42 Å². The number of hydrogen-bond donors (Lipinski definition) is 6. The Kier molecular flexibility index (Phi) is 47.2. The molecule has 0 aromatic rings. The highest BCUT2D eigenvalue weighted by atomic mass is 16.7. The van der Waals surface area contributed by atoms with Gasteiger partial charge >= 0.3 is 0 Å². The van der Waals surface area contributed by atoms with Crippen LogP contribution in [0.4, 0.5) is 0 Å². The number of aliphatic hydroxyl groups is 5. The molecule has 0 aromatic carbocycles. The molecule has 9 nitrogen and oxygen atoms in total. The molecule has 9 heteroatoms. The molecule has 6 N–H and O–H groups in total. The van der Waals surface area contributed by atoms with Gasteiger partial charge in [0.25, 0.3) is 0 Å². The maximum Gasteiger partial charge on any atom is 0.220 e. The van der Waals surface area contributed by atoms with E-state index in [2.05, 4.69) is 104 Å². The van der Waals surface area contributed by atoms with Gasteiger partial charge in [0, 0.05) is 6.42 Å². The Balaban J connectivity index is 2.29. The molecule has 1 heterocycles. The Morgan fingerprint density at radius 3 is 1.35 bits per heavy atom. The van der Waals surface area contributed by atoms with Crippen LogP contribution in [0.5, 0.6) is 0 Å². The second-order valence-electron chi connectivity index (χ2n) is 19.7. The van der Waals surface area contributed by atoms with Gasteiger partial charge in [-0.25, -0.2) is 0 Å². The standard InChI is InChI=1S/C62H107NO8/c1-3-5-7-9-11-13-15-17-19-21-23-25-27-28-30-31-33-35-37-39-41-43-45-47-49-51-56(65)55(54-70-62-61(69)60(68)59(67)57(53-64)71-62)63-58(66)52-50-48-46-44-42-40-38-36-34-32-29-26-24-22-20-18-16-14-12-10-8-6-4-2/h6,8,12,14,18,20,24,26,32-35,41,43,49,51,55-57,59-62,64-65,67-69H,3-5,7,9-11,13,15-17,19,21-23,25,27-31,36-40,42,44-48,50,52-54H2,1-2H3,(H,63,66)/b8-6-,14-12-,20-18-,26-24-,34-32-,35-33+,43-41+,51-49+. The van der Waals surface area contributed by atoms with Gasteiger partial charge in [-0.1, -0.05) is 233 Å². The number of aliphatic hydroxyl groups excluding tert-OH is 5. The van der Waals surface area contributed by atoms with E-state index in [1.807, 2.05) is 6.08 Å². The minimum Gasteiger partial charge on any atom is -0.394 e. The van der Waals surface area contributed by atoms with Crippen LogP contribution >= 0.6 is 0 Å². The van der Waals surface area contributed by atoms with Gasteiger partial charge in [-0.15, -0.1) is 0 Å². The highest BCUT2D eigenvalue weighted by Gasteiger charge is 2.44. The summed E-state index contributed by atoms with van der Waals surface area (Å²) in [5.41, 5.74) is 0. The minimum absolute atomic E-state index is 0.205. The molecule has 0 aromatic heterocycles. The first kappa shape index (κ1) is 66.1. The summed E-state index contributed by atoms with van der Waals surface area (Å²) in [5.74, 6) is -0.205. The lowest BCUT2D eigenvalue weighted by Gasteiger charge is -2.40. The van der Waals surface area contributed by atoms with Crippen LogP contribution in [0.25, 0.3) is 0 Å². The summed E-state index contributed by atoms with van der Waals surface area (Å²) >= 11 is 0. The predicted molar refractivity (Wildman–Crippen MR) is 299 cm³/mol. The first-order valence-corrected chi connectivity index (χ1v) is 29.0. The van der Waals surface area contributed by atoms with Gasteiger partial charge in [0.2, 0.25) is 5.91 Å². The third-order valence-corrected chi connectivity index (χ3v) is 13.1. The molecule has 0 saturated carbocycles. The van der Waals surface area contributed by atoms with Crippen molar-refractivity contribution >= 4 is 5.91 Å². The van der Waals surface area contributed by atoms with Crippen molar-refractivity contribution in [2.24, 2.45) is 0 Å². The average Bonchev–Trinajstić information content (AvgIpc) is 3.37. The summed E-state index contributed by atoms with van der Waals surface area (Å²) in [6, 6.07) is -0.842. The maximum absolute atomic E-state index is 13.1. The zero-order valence-corrected chi connectivity index (χ0v) is 45.2. The molecule has 7 atom stereocenters. The van der Waals surface area contributed by atoms with E-state index in [4.69, 9.17) is 9.47 Å². The van der Waals surface area contributed by atoms with E-state index < -0.39 is 49.5 Å². The summed E-state index contributed by atoms with van der Waals surface area (Å²) in [6.45, 7) is 3.64. The van der Waals surface area contributed by atoms with Crippen molar-refractivity contribution in [1.29, 1.82) is 0 Å². The van der Waals surface area contributed by atoms with Gasteiger partial charge in [-0.2, -0.15) is 0 Å². The fourth-order valence-electron chi connectivity index (χ4n) is 8.57. The molecular formula is C62H107NO8. The molecule has 0 radical (unpaired) electrons. The summed E-state index contributed by atoms with van der Waals surface area (Å²) < 4.78 is 11.2. The van der Waals surface area contributed by atoms with Crippen molar-refractivity contribution < 1.29 is 39.8 Å². The number of rotatable bonds is 48. The highest BCUT2D eigenvalue weighted by Crippen LogP contribution is 2.23. The monoisotopic (exact) mass is 994 g/mol. The third-order valence-electron chi connectivity index (χ3n) is 13.1. The molecule has 408 valence electrons. The van der Waals surface area contributed by atoms with Crippen molar-refractivity contribution in [2.75, 3.05) is 13.2 Å². The van der Waals surface area contributed by atoms with Gasteiger partial charge in [-0.05, 0) is 89.9 Å². The molecule has 1 fully saturated rings. The second-order valence-corrected chi connectivity index (χ2v) is 19.7. The van der Waals surface area contributed by atoms with E-state index in [1.165, 1.54) is 122 Å². The van der Waals surface area contributed by atoms with Crippen LogP contribution in [0.1, 0.15) is 232 Å². The van der Waals surface area contributed by atoms with Crippen molar-refractivity contribution in [1.82, 2.24) is 5.32 Å². The van der Waals surface area contributed by atoms with Crippen LogP contribution in [-0.4, -0.2) is 87.5 Å². The molecule has 7 unspecified atom stereocenters. The van der Waals surface area contributed by atoms with E-state index in [-0.39, 0.29) is 12.5 Å². The van der Waals surface area contributed by atoms with Crippen LogP contribution in [0.15, 0.2) is 97.2 Å². The summed E-state index contributed by atoms with van der Waals surface area (Å²) in [5, 5.41) is 54.5. The Hall–Kier alpha value is -2.89. The van der Waals surface area contributed by atoms with Crippen molar-refractivity contribution in [3.63, 3.8) is 0 Å². The van der Waals surface area contributed by atoms with Gasteiger partial charge in [0.15, 0.2) is 6.29 Å². The smallest absolute Gasteiger partial charge is 0.220 e. The first-order valence-electron chi connectivity index (χ1n) is 29.0.